The highest BCUT2D eigenvalue weighted by Gasteiger charge is 2.37. The van der Waals surface area contributed by atoms with Crippen LogP contribution in [0, 0.1) is 17.3 Å². The summed E-state index contributed by atoms with van der Waals surface area (Å²) in [6.45, 7) is 12.9. The maximum Gasteiger partial charge on any atom is 0.191 e. The number of aliphatic imine (C=N–C) groups is 1. The van der Waals surface area contributed by atoms with E-state index < -0.39 is 0 Å². The van der Waals surface area contributed by atoms with Gasteiger partial charge in [-0.1, -0.05) is 27.2 Å². The van der Waals surface area contributed by atoms with Crippen molar-refractivity contribution in [1.29, 1.82) is 0 Å². The van der Waals surface area contributed by atoms with E-state index in [1.54, 1.807) is 0 Å². The van der Waals surface area contributed by atoms with Gasteiger partial charge in [0.2, 0.25) is 0 Å². The molecule has 2 fully saturated rings. The fourth-order valence-electron chi connectivity index (χ4n) is 4.33. The molecule has 1 saturated heterocycles. The quantitative estimate of drug-likeness (QED) is 0.337. The van der Waals surface area contributed by atoms with Crippen LogP contribution in [0.2, 0.25) is 0 Å². The van der Waals surface area contributed by atoms with Crippen LogP contribution < -0.4 is 10.6 Å². The van der Waals surface area contributed by atoms with E-state index in [1.807, 2.05) is 7.05 Å². The van der Waals surface area contributed by atoms with Crippen molar-refractivity contribution in [2.45, 2.75) is 59.3 Å². The summed E-state index contributed by atoms with van der Waals surface area (Å²) in [5.41, 5.74) is 0.525. The highest BCUT2D eigenvalue weighted by Crippen LogP contribution is 2.45. The fraction of sp³-hybridized carbons (Fsp3) is 0.947. The van der Waals surface area contributed by atoms with Crippen molar-refractivity contribution < 1.29 is 0 Å². The summed E-state index contributed by atoms with van der Waals surface area (Å²) in [5.74, 6) is 2.55. The number of nitrogens with one attached hydrogen (secondary N) is 2. The molecule has 0 radical (unpaired) electrons. The van der Waals surface area contributed by atoms with Crippen molar-refractivity contribution >= 4 is 29.9 Å². The number of hydrogen-bond donors (Lipinski definition) is 2. The molecule has 0 aromatic heterocycles. The predicted molar refractivity (Wildman–Crippen MR) is 115 cm³/mol. The molecule has 0 bridgehead atoms. The van der Waals surface area contributed by atoms with Crippen LogP contribution in [0.25, 0.3) is 0 Å². The molecule has 4 nitrogen and oxygen atoms in total. The van der Waals surface area contributed by atoms with E-state index in [1.165, 1.54) is 58.2 Å². The summed E-state index contributed by atoms with van der Waals surface area (Å²) in [6, 6.07) is 0. The SMILES string of the molecule is CCCN1CCC(CNC(=NC)NCC2(CC(C)C)CCC2)C1.I. The molecule has 0 aromatic rings. The summed E-state index contributed by atoms with van der Waals surface area (Å²) < 4.78 is 0. The lowest BCUT2D eigenvalue weighted by atomic mass is 9.64. The normalized spacial score (nSPS) is 23.7. The third-order valence-electron chi connectivity index (χ3n) is 5.58. The standard InChI is InChI=1S/C19H38N4.HI/c1-5-10-23-11-7-17(14-23)13-21-18(20-4)22-15-19(8-6-9-19)12-16(2)3;/h16-17H,5-15H2,1-4H3,(H2,20,21,22);1H. The van der Waals surface area contributed by atoms with Gasteiger partial charge in [-0.2, -0.15) is 0 Å². The zero-order valence-corrected chi connectivity index (χ0v) is 18.6. The Hall–Kier alpha value is -0.0400. The van der Waals surface area contributed by atoms with Crippen LogP contribution in [-0.4, -0.2) is 50.6 Å². The van der Waals surface area contributed by atoms with Gasteiger partial charge in [0, 0.05) is 26.7 Å². The minimum atomic E-state index is 0. The summed E-state index contributed by atoms with van der Waals surface area (Å²) >= 11 is 0. The maximum atomic E-state index is 4.43. The zero-order valence-electron chi connectivity index (χ0n) is 16.2. The molecule has 1 unspecified atom stereocenters. The summed E-state index contributed by atoms with van der Waals surface area (Å²) in [5, 5.41) is 7.16. The van der Waals surface area contributed by atoms with E-state index in [2.05, 4.69) is 41.3 Å². The van der Waals surface area contributed by atoms with Crippen molar-refractivity contribution in [2.24, 2.45) is 22.2 Å². The van der Waals surface area contributed by atoms with E-state index in [-0.39, 0.29) is 24.0 Å². The number of halogens is 1. The number of nitrogens with zero attached hydrogens (tertiary/aromatic N) is 2. The smallest absolute Gasteiger partial charge is 0.191 e. The van der Waals surface area contributed by atoms with Gasteiger partial charge in [0.15, 0.2) is 5.96 Å². The number of hydrogen-bond acceptors (Lipinski definition) is 2. The van der Waals surface area contributed by atoms with E-state index in [4.69, 9.17) is 0 Å². The van der Waals surface area contributed by atoms with Crippen LogP contribution in [-0.2, 0) is 0 Å². The highest BCUT2D eigenvalue weighted by atomic mass is 127. The Morgan fingerprint density at radius 2 is 2.04 bits per heavy atom. The minimum Gasteiger partial charge on any atom is -0.356 e. The molecule has 2 rings (SSSR count). The van der Waals surface area contributed by atoms with Gasteiger partial charge in [-0.05, 0) is 62.4 Å². The van der Waals surface area contributed by atoms with Gasteiger partial charge < -0.3 is 15.5 Å². The van der Waals surface area contributed by atoms with Crippen molar-refractivity contribution in [3.8, 4) is 0 Å². The lowest BCUT2D eigenvalue weighted by Crippen LogP contribution is -2.47. The van der Waals surface area contributed by atoms with Gasteiger partial charge >= 0.3 is 0 Å². The maximum absolute atomic E-state index is 4.43. The lowest BCUT2D eigenvalue weighted by molar-refractivity contribution is 0.104. The average molecular weight is 450 g/mol. The van der Waals surface area contributed by atoms with Crippen LogP contribution in [0.5, 0.6) is 0 Å². The van der Waals surface area contributed by atoms with Gasteiger partial charge in [0.25, 0.3) is 0 Å². The molecular weight excluding hydrogens is 411 g/mol. The molecular formula is C19H39IN4. The second-order valence-electron chi connectivity index (χ2n) is 8.21. The Bertz CT molecular complexity index is 380. The van der Waals surface area contributed by atoms with Crippen LogP contribution in [0.3, 0.4) is 0 Å². The number of rotatable bonds is 8. The first-order chi connectivity index (χ1) is 11.1. The monoisotopic (exact) mass is 450 g/mol. The van der Waals surface area contributed by atoms with E-state index in [9.17, 15) is 0 Å². The van der Waals surface area contributed by atoms with Gasteiger partial charge in [-0.3, -0.25) is 4.99 Å². The van der Waals surface area contributed by atoms with E-state index in [0.29, 0.717) is 5.41 Å². The summed E-state index contributed by atoms with van der Waals surface area (Å²) in [6.07, 6.45) is 8.08. The van der Waals surface area contributed by atoms with E-state index >= 15 is 0 Å². The topological polar surface area (TPSA) is 39.7 Å². The molecule has 1 saturated carbocycles. The molecule has 1 atom stereocenters. The van der Waals surface area contributed by atoms with Gasteiger partial charge in [-0.25, -0.2) is 0 Å². The first-order valence-electron chi connectivity index (χ1n) is 9.74. The Balaban J connectivity index is 0.00000288. The van der Waals surface area contributed by atoms with Gasteiger partial charge in [-0.15, -0.1) is 24.0 Å². The van der Waals surface area contributed by atoms with Crippen LogP contribution in [0.4, 0.5) is 0 Å². The van der Waals surface area contributed by atoms with Crippen molar-refractivity contribution in [1.82, 2.24) is 15.5 Å². The molecule has 1 heterocycles. The molecule has 142 valence electrons. The molecule has 0 amide bonds. The van der Waals surface area contributed by atoms with Crippen molar-refractivity contribution in [3.05, 3.63) is 0 Å². The van der Waals surface area contributed by atoms with Gasteiger partial charge in [0.05, 0.1) is 0 Å². The molecule has 2 N–H and O–H groups in total. The fourth-order valence-corrected chi connectivity index (χ4v) is 4.33. The largest absolute Gasteiger partial charge is 0.356 e. The summed E-state index contributed by atoms with van der Waals surface area (Å²) in [7, 11) is 1.89. The molecule has 0 aromatic carbocycles. The Morgan fingerprint density at radius 3 is 2.58 bits per heavy atom. The van der Waals surface area contributed by atoms with Crippen molar-refractivity contribution in [2.75, 3.05) is 39.8 Å². The summed E-state index contributed by atoms with van der Waals surface area (Å²) in [4.78, 5) is 7.02. The first kappa shape index (κ1) is 22.0. The first-order valence-corrected chi connectivity index (χ1v) is 9.74. The Morgan fingerprint density at radius 1 is 1.29 bits per heavy atom. The predicted octanol–water partition coefficient (Wildman–Crippen LogP) is 3.72. The third-order valence-corrected chi connectivity index (χ3v) is 5.58. The molecule has 1 aliphatic carbocycles. The molecule has 5 heteroatoms. The Kier molecular flexibility index (Phi) is 9.94. The molecule has 2 aliphatic rings. The Labute approximate surface area is 166 Å². The van der Waals surface area contributed by atoms with Crippen LogP contribution in [0.1, 0.15) is 59.3 Å². The highest BCUT2D eigenvalue weighted by molar-refractivity contribution is 14.0. The minimum absolute atomic E-state index is 0. The molecule has 1 aliphatic heterocycles. The van der Waals surface area contributed by atoms with Gasteiger partial charge in [0.1, 0.15) is 0 Å². The second kappa shape index (κ2) is 10.8. The number of guanidine groups is 1. The average Bonchev–Trinajstić information content (AvgIpc) is 2.92. The van der Waals surface area contributed by atoms with Crippen LogP contribution in [0.15, 0.2) is 4.99 Å². The van der Waals surface area contributed by atoms with Crippen molar-refractivity contribution in [3.63, 3.8) is 0 Å². The molecule has 0 spiro atoms. The third kappa shape index (κ3) is 6.70. The number of likely N-dealkylation sites (tertiary alicyclic amines) is 1. The molecule has 24 heavy (non-hydrogen) atoms. The zero-order chi connectivity index (χ0) is 16.7. The van der Waals surface area contributed by atoms with Crippen LogP contribution >= 0.6 is 24.0 Å². The lowest BCUT2D eigenvalue weighted by Gasteiger charge is -2.43. The second-order valence-corrected chi connectivity index (χ2v) is 8.21. The van der Waals surface area contributed by atoms with E-state index in [0.717, 1.165) is 30.9 Å².